The molecule has 14 heteroatoms. The number of fused-ring (bicyclic) bond motifs is 2. The maximum atomic E-state index is 12.5. The Balaban J connectivity index is 2.31. The van der Waals surface area contributed by atoms with Crippen molar-refractivity contribution in [1.29, 1.82) is 0 Å². The fraction of sp³-hybridized carbons (Fsp3) is 0.214. The minimum atomic E-state index is -0.821. The van der Waals surface area contributed by atoms with Gasteiger partial charge >= 0.3 is 35.8 Å². The van der Waals surface area contributed by atoms with Gasteiger partial charge in [0.05, 0.1) is 25.3 Å². The Hall–Kier alpha value is -5.66. The highest BCUT2D eigenvalue weighted by atomic mass is 16.6. The number of methoxy groups -OCH3 is 2. The molecule has 0 aliphatic carbocycles. The number of carbonyl (C=O) groups excluding carboxylic acids is 6. The second-order valence-corrected chi connectivity index (χ2v) is 8.80. The van der Waals surface area contributed by atoms with Crippen LogP contribution in [0.5, 0.6) is 23.0 Å². The van der Waals surface area contributed by atoms with Gasteiger partial charge in [0.15, 0.2) is 23.0 Å². The summed E-state index contributed by atoms with van der Waals surface area (Å²) in [6.45, 7) is 4.45. The zero-order chi connectivity index (χ0) is 30.9. The molecule has 0 saturated carbocycles. The van der Waals surface area contributed by atoms with E-state index in [-0.39, 0.29) is 67.3 Å². The normalized spacial score (nSPS) is 10.7. The Morgan fingerprint density at radius 1 is 0.524 bits per heavy atom. The van der Waals surface area contributed by atoms with E-state index in [1.165, 1.54) is 38.5 Å². The molecule has 0 aliphatic heterocycles. The van der Waals surface area contributed by atoms with Crippen molar-refractivity contribution in [1.82, 2.24) is 9.97 Å². The molecule has 0 atom stereocenters. The average Bonchev–Trinajstić information content (AvgIpc) is 3.52. The van der Waals surface area contributed by atoms with Crippen molar-refractivity contribution in [3.05, 3.63) is 35.7 Å². The van der Waals surface area contributed by atoms with E-state index in [1.807, 2.05) is 0 Å². The molecule has 2 N–H and O–H groups in total. The van der Waals surface area contributed by atoms with Crippen molar-refractivity contribution >= 4 is 57.6 Å². The molecule has 4 rings (SSSR count). The quantitative estimate of drug-likeness (QED) is 0.239. The molecule has 0 amide bonds. The van der Waals surface area contributed by atoms with Gasteiger partial charge in [0, 0.05) is 61.7 Å². The van der Waals surface area contributed by atoms with Gasteiger partial charge in [-0.2, -0.15) is 0 Å². The van der Waals surface area contributed by atoms with Gasteiger partial charge in [0.2, 0.25) is 0 Å². The third kappa shape index (κ3) is 5.63. The number of hydrogen-bond acceptors (Lipinski definition) is 12. The molecular formula is C28H24N2O12. The van der Waals surface area contributed by atoms with Crippen LogP contribution in [0.15, 0.2) is 24.3 Å². The van der Waals surface area contributed by atoms with E-state index in [9.17, 15) is 28.8 Å². The first-order valence-electron chi connectivity index (χ1n) is 12.1. The van der Waals surface area contributed by atoms with Gasteiger partial charge in [0.25, 0.3) is 0 Å². The largest absolute Gasteiger partial charge is 0.464 e. The van der Waals surface area contributed by atoms with Crippen molar-refractivity contribution < 1.29 is 57.2 Å². The van der Waals surface area contributed by atoms with E-state index in [4.69, 9.17) is 28.4 Å². The van der Waals surface area contributed by atoms with Gasteiger partial charge < -0.3 is 38.4 Å². The molecule has 0 fully saturated rings. The highest BCUT2D eigenvalue weighted by Gasteiger charge is 2.31. The molecule has 42 heavy (non-hydrogen) atoms. The van der Waals surface area contributed by atoms with Crippen LogP contribution < -0.4 is 18.9 Å². The smallest absolute Gasteiger partial charge is 0.354 e. The number of aromatic amines is 2. The van der Waals surface area contributed by atoms with Crippen LogP contribution >= 0.6 is 0 Å². The molecule has 2 aromatic heterocycles. The Bertz CT molecular complexity index is 1680. The number of ether oxygens (including phenoxy) is 6. The maximum absolute atomic E-state index is 12.5. The molecule has 2 heterocycles. The number of nitrogens with one attached hydrogen (secondary N) is 2. The molecule has 0 bridgehead atoms. The highest BCUT2D eigenvalue weighted by molar-refractivity contribution is 6.14. The first-order chi connectivity index (χ1) is 19.8. The van der Waals surface area contributed by atoms with Crippen LogP contribution in [0.1, 0.15) is 48.7 Å². The molecule has 218 valence electrons. The van der Waals surface area contributed by atoms with Crippen molar-refractivity contribution in [2.45, 2.75) is 27.7 Å². The van der Waals surface area contributed by atoms with Crippen LogP contribution in [0.2, 0.25) is 0 Å². The summed E-state index contributed by atoms with van der Waals surface area (Å²) < 4.78 is 31.5. The fourth-order valence-electron chi connectivity index (χ4n) is 4.35. The molecule has 14 nitrogen and oxygen atoms in total. The summed E-state index contributed by atoms with van der Waals surface area (Å²) in [4.78, 5) is 79.5. The highest BCUT2D eigenvalue weighted by Crippen LogP contribution is 2.53. The van der Waals surface area contributed by atoms with E-state index in [0.29, 0.717) is 0 Å². The van der Waals surface area contributed by atoms with E-state index in [0.717, 1.165) is 27.7 Å². The number of hydrogen-bond donors (Lipinski definition) is 2. The van der Waals surface area contributed by atoms with Crippen LogP contribution in [0.25, 0.3) is 32.9 Å². The summed E-state index contributed by atoms with van der Waals surface area (Å²) in [7, 11) is 2.34. The van der Waals surface area contributed by atoms with Crippen molar-refractivity contribution in [3.8, 4) is 34.1 Å². The van der Waals surface area contributed by atoms with Crippen LogP contribution in [0.3, 0.4) is 0 Å². The summed E-state index contributed by atoms with van der Waals surface area (Å²) in [5.41, 5.74) is 0.288. The van der Waals surface area contributed by atoms with Crippen molar-refractivity contribution in [2.24, 2.45) is 0 Å². The number of aromatic nitrogens is 2. The number of benzene rings is 2. The van der Waals surface area contributed by atoms with Gasteiger partial charge in [-0.1, -0.05) is 0 Å². The van der Waals surface area contributed by atoms with Gasteiger partial charge in [0.1, 0.15) is 11.4 Å². The van der Waals surface area contributed by atoms with Crippen molar-refractivity contribution in [2.75, 3.05) is 14.2 Å². The zero-order valence-corrected chi connectivity index (χ0v) is 23.2. The van der Waals surface area contributed by atoms with Crippen LogP contribution in [-0.2, 0) is 28.7 Å². The summed E-state index contributed by atoms with van der Waals surface area (Å²) in [6.07, 6.45) is 0. The van der Waals surface area contributed by atoms with Gasteiger partial charge in [-0.3, -0.25) is 19.2 Å². The summed E-state index contributed by atoms with van der Waals surface area (Å²) in [6, 6.07) is 5.38. The number of carbonyl (C=O) groups is 6. The lowest BCUT2D eigenvalue weighted by atomic mass is 9.95. The lowest BCUT2D eigenvalue weighted by Gasteiger charge is -2.19. The maximum Gasteiger partial charge on any atom is 0.354 e. The van der Waals surface area contributed by atoms with Gasteiger partial charge in [-0.25, -0.2) is 9.59 Å². The molecule has 2 aromatic carbocycles. The molecule has 0 spiro atoms. The molecule has 0 aliphatic rings. The summed E-state index contributed by atoms with van der Waals surface area (Å²) >= 11 is 0. The van der Waals surface area contributed by atoms with E-state index >= 15 is 0 Å². The third-order valence-electron chi connectivity index (χ3n) is 5.75. The molecule has 0 radical (unpaired) electrons. The Morgan fingerprint density at radius 2 is 0.857 bits per heavy atom. The predicted octanol–water partition coefficient (Wildman–Crippen LogP) is 3.59. The molecule has 0 saturated heterocycles. The number of rotatable bonds is 7. The fourth-order valence-corrected chi connectivity index (χ4v) is 4.35. The van der Waals surface area contributed by atoms with Crippen LogP contribution in [0.4, 0.5) is 0 Å². The number of H-pyrrole nitrogens is 2. The Kier molecular flexibility index (Phi) is 7.99. The predicted molar refractivity (Wildman–Crippen MR) is 144 cm³/mol. The second-order valence-electron chi connectivity index (χ2n) is 8.80. The first kappa shape index (κ1) is 29.3. The minimum Gasteiger partial charge on any atom is -0.464 e. The second kappa shape index (κ2) is 11.4. The average molecular weight is 581 g/mol. The standard InChI is InChI=1S/C28H24N2O12/c1-11(31)39-21-9-17-15(7-19(29-17)27(35)37-5)23(25(21)41-13(3)33)24-16-8-20(28(36)38-6)30-18(16)10-22(40-12(2)32)26(24)42-14(4)34/h7-10,29-30H,1-6H3. The summed E-state index contributed by atoms with van der Waals surface area (Å²) in [5, 5.41) is 0.413. The SMILES string of the molecule is COC(=O)c1cc2c(-c3c(OC(C)=O)c(OC(C)=O)cc4[nH]c(C(=O)OC)cc34)c(OC(C)=O)c(OC(C)=O)cc2[nH]1. The summed E-state index contributed by atoms with van der Waals surface area (Å²) in [5.74, 6) is -5.82. The molecule has 4 aromatic rings. The lowest BCUT2D eigenvalue weighted by molar-refractivity contribution is -0.134. The monoisotopic (exact) mass is 580 g/mol. The lowest BCUT2D eigenvalue weighted by Crippen LogP contribution is -2.11. The van der Waals surface area contributed by atoms with Crippen LogP contribution in [-0.4, -0.2) is 60.0 Å². The zero-order valence-electron chi connectivity index (χ0n) is 23.2. The molecule has 0 unspecified atom stereocenters. The van der Waals surface area contributed by atoms with Gasteiger partial charge in [-0.05, 0) is 12.1 Å². The van der Waals surface area contributed by atoms with Crippen LogP contribution in [0, 0.1) is 0 Å². The minimum absolute atomic E-state index is 0.0315. The van der Waals surface area contributed by atoms with E-state index < -0.39 is 35.8 Å². The van der Waals surface area contributed by atoms with Crippen molar-refractivity contribution in [3.63, 3.8) is 0 Å². The van der Waals surface area contributed by atoms with E-state index in [1.54, 1.807) is 0 Å². The van der Waals surface area contributed by atoms with E-state index in [2.05, 4.69) is 9.97 Å². The number of esters is 6. The Labute approximate surface area is 236 Å². The third-order valence-corrected chi connectivity index (χ3v) is 5.75. The first-order valence-corrected chi connectivity index (χ1v) is 12.1. The molecular weight excluding hydrogens is 556 g/mol. The Morgan fingerprint density at radius 3 is 1.14 bits per heavy atom. The van der Waals surface area contributed by atoms with Gasteiger partial charge in [-0.15, -0.1) is 0 Å². The topological polar surface area (TPSA) is 189 Å².